The highest BCUT2D eigenvalue weighted by Gasteiger charge is 2.23. The molecule has 2 heterocycles. The Hall–Kier alpha value is -0.870. The number of nitrogens with zero attached hydrogens (tertiary/aromatic N) is 2. The van der Waals surface area contributed by atoms with Gasteiger partial charge in [-0.1, -0.05) is 0 Å². The molecule has 2 rings (SSSR count). The van der Waals surface area contributed by atoms with Crippen LogP contribution in [-0.2, 0) is 6.54 Å². The molecule has 1 fully saturated rings. The van der Waals surface area contributed by atoms with Gasteiger partial charge in [-0.15, -0.1) is 0 Å². The van der Waals surface area contributed by atoms with Crippen LogP contribution < -0.4 is 5.73 Å². The molecule has 0 saturated carbocycles. The van der Waals surface area contributed by atoms with Crippen LogP contribution in [0.4, 0.5) is 0 Å². The molecule has 2 N–H and O–H groups in total. The van der Waals surface area contributed by atoms with Crippen LogP contribution in [0.15, 0.2) is 10.7 Å². The Morgan fingerprint density at radius 2 is 2.62 bits per heavy atom. The van der Waals surface area contributed by atoms with Crippen LogP contribution in [0.25, 0.3) is 0 Å². The van der Waals surface area contributed by atoms with Crippen LogP contribution in [0.2, 0.25) is 0 Å². The first kappa shape index (κ1) is 8.72. The third-order valence-corrected chi connectivity index (χ3v) is 2.55. The Balaban J connectivity index is 2.08. The van der Waals surface area contributed by atoms with Gasteiger partial charge in [-0.05, 0) is 20.0 Å². The van der Waals surface area contributed by atoms with E-state index in [0.29, 0.717) is 18.4 Å². The summed E-state index contributed by atoms with van der Waals surface area (Å²) in [5, 5.41) is 0. The lowest BCUT2D eigenvalue weighted by Crippen LogP contribution is -2.13. The van der Waals surface area contributed by atoms with E-state index in [4.69, 9.17) is 10.2 Å². The molecule has 0 aliphatic carbocycles. The topological polar surface area (TPSA) is 55.3 Å². The highest BCUT2D eigenvalue weighted by atomic mass is 16.3. The quantitative estimate of drug-likeness (QED) is 0.724. The van der Waals surface area contributed by atoms with Gasteiger partial charge in [0, 0.05) is 12.5 Å². The average molecular weight is 181 g/mol. The summed E-state index contributed by atoms with van der Waals surface area (Å²) in [4.78, 5) is 6.63. The van der Waals surface area contributed by atoms with Gasteiger partial charge in [-0.2, -0.15) is 0 Å². The highest BCUT2D eigenvalue weighted by Crippen LogP contribution is 2.25. The van der Waals surface area contributed by atoms with Gasteiger partial charge in [-0.25, -0.2) is 4.98 Å². The fourth-order valence-corrected chi connectivity index (χ4v) is 1.78. The molecule has 1 aromatic rings. The van der Waals surface area contributed by atoms with Crippen molar-refractivity contribution in [2.75, 3.05) is 20.1 Å². The van der Waals surface area contributed by atoms with E-state index < -0.39 is 0 Å². The second-order valence-electron chi connectivity index (χ2n) is 3.62. The summed E-state index contributed by atoms with van der Waals surface area (Å²) in [5.74, 6) is 1.18. The number of rotatable bonds is 2. The minimum Gasteiger partial charge on any atom is -0.447 e. The molecule has 1 aromatic heterocycles. The molecule has 1 saturated heterocycles. The van der Waals surface area contributed by atoms with Gasteiger partial charge in [0.1, 0.15) is 6.26 Å². The summed E-state index contributed by atoms with van der Waals surface area (Å²) in [6.45, 7) is 2.62. The summed E-state index contributed by atoms with van der Waals surface area (Å²) in [5.41, 5.74) is 6.48. The second kappa shape index (κ2) is 3.47. The van der Waals surface area contributed by atoms with Gasteiger partial charge in [0.25, 0.3) is 0 Å². The monoisotopic (exact) mass is 181 g/mol. The predicted octanol–water partition coefficient (Wildman–Crippen LogP) is 0.552. The van der Waals surface area contributed by atoms with Gasteiger partial charge >= 0.3 is 0 Å². The van der Waals surface area contributed by atoms with Crippen LogP contribution in [0, 0.1) is 0 Å². The number of aromatic nitrogens is 1. The molecular weight excluding hydrogens is 166 g/mol. The molecule has 72 valence electrons. The van der Waals surface area contributed by atoms with Crippen LogP contribution in [0.1, 0.15) is 23.9 Å². The predicted molar refractivity (Wildman–Crippen MR) is 49.2 cm³/mol. The van der Waals surface area contributed by atoms with Crippen LogP contribution in [0.5, 0.6) is 0 Å². The maximum Gasteiger partial charge on any atom is 0.207 e. The largest absolute Gasteiger partial charge is 0.447 e. The number of oxazole rings is 1. The van der Waals surface area contributed by atoms with E-state index in [-0.39, 0.29) is 0 Å². The summed E-state index contributed by atoms with van der Waals surface area (Å²) in [6.07, 6.45) is 2.92. The maximum absolute atomic E-state index is 5.42. The molecule has 1 aliphatic heterocycles. The first-order valence-electron chi connectivity index (χ1n) is 4.62. The second-order valence-corrected chi connectivity index (χ2v) is 3.62. The van der Waals surface area contributed by atoms with Crippen molar-refractivity contribution < 1.29 is 4.42 Å². The molecule has 1 unspecified atom stereocenters. The lowest BCUT2D eigenvalue weighted by Gasteiger charge is -2.06. The van der Waals surface area contributed by atoms with Crippen LogP contribution in [-0.4, -0.2) is 30.0 Å². The first-order chi connectivity index (χ1) is 6.29. The Kier molecular flexibility index (Phi) is 2.33. The van der Waals surface area contributed by atoms with Crippen molar-refractivity contribution in [1.82, 2.24) is 9.88 Å². The number of likely N-dealkylation sites (tertiary alicyclic amines) is 1. The summed E-state index contributed by atoms with van der Waals surface area (Å²) >= 11 is 0. The Morgan fingerprint density at radius 1 is 1.77 bits per heavy atom. The Bertz CT molecular complexity index is 284. The minimum atomic E-state index is 0.391. The molecule has 13 heavy (non-hydrogen) atoms. The lowest BCUT2D eigenvalue weighted by atomic mass is 10.1. The zero-order chi connectivity index (χ0) is 9.26. The van der Waals surface area contributed by atoms with Gasteiger partial charge in [0.2, 0.25) is 5.89 Å². The molecule has 4 heteroatoms. The van der Waals surface area contributed by atoms with E-state index in [1.807, 2.05) is 0 Å². The molecule has 0 amide bonds. The van der Waals surface area contributed by atoms with Crippen molar-refractivity contribution in [3.05, 3.63) is 17.8 Å². The maximum atomic E-state index is 5.42. The minimum absolute atomic E-state index is 0.391. The fraction of sp³-hybridized carbons (Fsp3) is 0.667. The third kappa shape index (κ3) is 1.73. The Labute approximate surface area is 77.7 Å². The van der Waals surface area contributed by atoms with E-state index in [9.17, 15) is 0 Å². The lowest BCUT2D eigenvalue weighted by molar-refractivity contribution is 0.410. The van der Waals surface area contributed by atoms with Crippen molar-refractivity contribution in [1.29, 1.82) is 0 Å². The van der Waals surface area contributed by atoms with Crippen molar-refractivity contribution in [2.24, 2.45) is 5.73 Å². The van der Waals surface area contributed by atoms with E-state index in [1.54, 1.807) is 6.26 Å². The fourth-order valence-electron chi connectivity index (χ4n) is 1.78. The van der Waals surface area contributed by atoms with E-state index in [2.05, 4.69) is 16.9 Å². The molecule has 1 aliphatic rings. The smallest absolute Gasteiger partial charge is 0.207 e. The van der Waals surface area contributed by atoms with Crippen molar-refractivity contribution >= 4 is 0 Å². The van der Waals surface area contributed by atoms with Gasteiger partial charge in [-0.3, -0.25) is 0 Å². The highest BCUT2D eigenvalue weighted by molar-refractivity contribution is 5.07. The number of nitrogens with two attached hydrogens (primary N) is 1. The number of likely N-dealkylation sites (N-methyl/N-ethyl adjacent to an activating group) is 1. The normalized spacial score (nSPS) is 24.0. The van der Waals surface area contributed by atoms with Crippen LogP contribution >= 0.6 is 0 Å². The average Bonchev–Trinajstić information content (AvgIpc) is 2.71. The zero-order valence-electron chi connectivity index (χ0n) is 7.86. The van der Waals surface area contributed by atoms with Crippen molar-refractivity contribution in [3.8, 4) is 0 Å². The Morgan fingerprint density at radius 3 is 3.15 bits per heavy atom. The van der Waals surface area contributed by atoms with E-state index in [0.717, 1.165) is 18.8 Å². The molecule has 4 nitrogen and oxygen atoms in total. The molecule has 1 atom stereocenters. The number of hydrogen-bond donors (Lipinski definition) is 1. The van der Waals surface area contributed by atoms with E-state index in [1.165, 1.54) is 6.42 Å². The molecule has 0 bridgehead atoms. The molecule has 0 radical (unpaired) electrons. The zero-order valence-corrected chi connectivity index (χ0v) is 7.86. The first-order valence-corrected chi connectivity index (χ1v) is 4.62. The standard InChI is InChI=1S/C9H15N3O/c1-12-3-2-7(5-12)8-6-13-9(4-10)11-8/h6-7H,2-5,10H2,1H3. The molecular formula is C9H15N3O. The summed E-state index contributed by atoms with van der Waals surface area (Å²) < 4.78 is 5.21. The van der Waals surface area contributed by atoms with Crippen molar-refractivity contribution in [3.63, 3.8) is 0 Å². The van der Waals surface area contributed by atoms with Crippen LogP contribution in [0.3, 0.4) is 0 Å². The van der Waals surface area contributed by atoms with Crippen molar-refractivity contribution in [2.45, 2.75) is 18.9 Å². The summed E-state index contributed by atoms with van der Waals surface area (Å²) in [7, 11) is 2.13. The van der Waals surface area contributed by atoms with Gasteiger partial charge in [0.05, 0.1) is 12.2 Å². The number of hydrogen-bond acceptors (Lipinski definition) is 4. The third-order valence-electron chi connectivity index (χ3n) is 2.55. The van der Waals surface area contributed by atoms with E-state index >= 15 is 0 Å². The van der Waals surface area contributed by atoms with Gasteiger partial charge < -0.3 is 15.1 Å². The van der Waals surface area contributed by atoms with Gasteiger partial charge in [0.15, 0.2) is 0 Å². The SMILES string of the molecule is CN1CCC(c2coc(CN)n2)C1. The summed E-state index contributed by atoms with van der Waals surface area (Å²) in [6, 6.07) is 0. The molecule has 0 spiro atoms. The molecule has 0 aromatic carbocycles.